The first-order chi connectivity index (χ1) is 10.6. The molecule has 0 bridgehead atoms. The predicted octanol–water partition coefficient (Wildman–Crippen LogP) is -1.69. The first kappa shape index (κ1) is 17.5. The van der Waals surface area contributed by atoms with Crippen LogP contribution in [-0.4, -0.2) is 54.5 Å². The minimum atomic E-state index is -2.38. The number of nitrogens with zero attached hydrogens (tertiary/aromatic N) is 1. The molecule has 1 aromatic heterocycles. The molecule has 3 N–H and O–H groups in total. The summed E-state index contributed by atoms with van der Waals surface area (Å²) in [6.45, 7) is 2.08. The van der Waals surface area contributed by atoms with Gasteiger partial charge in [-0.15, -0.1) is 11.6 Å². The number of hydrogen-bond donors (Lipinski definition) is 3. The van der Waals surface area contributed by atoms with Crippen LogP contribution in [0.15, 0.2) is 21.9 Å². The fourth-order valence-corrected chi connectivity index (χ4v) is 2.91. The molecule has 2 rings (SSSR count). The van der Waals surface area contributed by atoms with E-state index in [1.165, 1.54) is 0 Å². The highest BCUT2D eigenvalue weighted by Gasteiger charge is 2.62. The topological polar surface area (TPSA) is 139 Å². The minimum absolute atomic E-state index is 0.655. The van der Waals surface area contributed by atoms with E-state index in [4.69, 9.17) is 16.3 Å². The lowest BCUT2D eigenvalue weighted by atomic mass is 9.86. The van der Waals surface area contributed by atoms with Crippen LogP contribution in [0.5, 0.6) is 0 Å². The number of carbonyl (C=O) groups is 2. The molecule has 9 nitrogen and oxygen atoms in total. The van der Waals surface area contributed by atoms with Crippen molar-refractivity contribution in [3.8, 4) is 0 Å². The molecule has 0 saturated carbocycles. The fraction of sp³-hybridized carbons (Fsp3) is 0.538. The monoisotopic (exact) mass is 346 g/mol. The Kier molecular flexibility index (Phi) is 4.58. The van der Waals surface area contributed by atoms with Crippen LogP contribution in [-0.2, 0) is 14.3 Å². The molecule has 0 amide bonds. The predicted molar refractivity (Wildman–Crippen MR) is 77.2 cm³/mol. The largest absolute Gasteiger partial charge is 0.382 e. The summed E-state index contributed by atoms with van der Waals surface area (Å²) in [6.07, 6.45) is -3.75. The highest BCUT2D eigenvalue weighted by molar-refractivity contribution is 6.24. The Morgan fingerprint density at radius 2 is 2.04 bits per heavy atom. The average molecular weight is 347 g/mol. The SMILES string of the molecule is CC(=O)C(O)[C@H]1O[C@@H](n2ccc(=O)[nH]c2=O)[C@H](Cl)[C@@]1(O)C(C)=O. The molecule has 1 aromatic rings. The van der Waals surface area contributed by atoms with E-state index >= 15 is 0 Å². The van der Waals surface area contributed by atoms with Crippen LogP contribution in [0.2, 0.25) is 0 Å². The van der Waals surface area contributed by atoms with Crippen molar-refractivity contribution < 1.29 is 24.5 Å². The second-order valence-electron chi connectivity index (χ2n) is 5.30. The molecule has 0 aliphatic carbocycles. The van der Waals surface area contributed by atoms with Gasteiger partial charge in [0.2, 0.25) is 0 Å². The highest BCUT2D eigenvalue weighted by Crippen LogP contribution is 2.42. The standard InChI is InChI=1S/C13H15ClN2O7/c1-5(17)8(20)10-13(22,6(2)18)9(14)11(23-10)16-4-3-7(19)15-12(16)21/h3-4,8-11,20,22H,1-2H3,(H,15,19,21)/t8?,9-,10+,11+,13-/m0/s1. The second kappa shape index (κ2) is 6.00. The van der Waals surface area contributed by atoms with Gasteiger partial charge in [0.25, 0.3) is 5.56 Å². The zero-order chi connectivity index (χ0) is 17.5. The lowest BCUT2D eigenvalue weighted by Gasteiger charge is -2.29. The summed E-state index contributed by atoms with van der Waals surface area (Å²) in [5.74, 6) is -1.57. The molecule has 2 heterocycles. The first-order valence-corrected chi connectivity index (χ1v) is 7.07. The number of carbonyl (C=O) groups excluding carboxylic acids is 2. The number of aliphatic hydroxyl groups is 2. The number of aliphatic hydroxyl groups excluding tert-OH is 1. The van der Waals surface area contributed by atoms with E-state index in [9.17, 15) is 29.4 Å². The number of H-pyrrole nitrogens is 1. The molecule has 1 aliphatic heterocycles. The Hall–Kier alpha value is -1.81. The van der Waals surface area contributed by atoms with Gasteiger partial charge in [-0.25, -0.2) is 4.79 Å². The first-order valence-electron chi connectivity index (χ1n) is 6.63. The minimum Gasteiger partial charge on any atom is -0.382 e. The zero-order valence-electron chi connectivity index (χ0n) is 12.2. The van der Waals surface area contributed by atoms with Crippen molar-refractivity contribution in [1.29, 1.82) is 0 Å². The summed E-state index contributed by atoms with van der Waals surface area (Å²) >= 11 is 6.10. The molecule has 0 spiro atoms. The molecule has 10 heteroatoms. The maximum atomic E-state index is 11.8. The Bertz CT molecular complexity index is 757. The van der Waals surface area contributed by atoms with Crippen molar-refractivity contribution in [2.24, 2.45) is 0 Å². The van der Waals surface area contributed by atoms with Gasteiger partial charge in [-0.3, -0.25) is 23.9 Å². The molecular weight excluding hydrogens is 332 g/mol. The van der Waals surface area contributed by atoms with Crippen molar-refractivity contribution in [3.63, 3.8) is 0 Å². The number of alkyl halides is 1. The van der Waals surface area contributed by atoms with Crippen molar-refractivity contribution in [2.45, 2.75) is 43.3 Å². The number of aromatic nitrogens is 2. The molecule has 1 saturated heterocycles. The molecular formula is C13H15ClN2O7. The summed E-state index contributed by atoms with van der Waals surface area (Å²) in [4.78, 5) is 48.2. The van der Waals surface area contributed by atoms with Crippen LogP contribution in [0.4, 0.5) is 0 Å². The third kappa shape index (κ3) is 2.76. The van der Waals surface area contributed by atoms with Crippen LogP contribution < -0.4 is 11.2 Å². The zero-order valence-corrected chi connectivity index (χ0v) is 13.0. The maximum absolute atomic E-state index is 11.8. The van der Waals surface area contributed by atoms with Crippen LogP contribution in [0.1, 0.15) is 20.1 Å². The Balaban J connectivity index is 2.53. The summed E-state index contributed by atoms with van der Waals surface area (Å²) in [5, 5.41) is 19.0. The van der Waals surface area contributed by atoms with E-state index in [0.717, 1.165) is 30.7 Å². The van der Waals surface area contributed by atoms with Gasteiger partial charge in [0.15, 0.2) is 23.4 Å². The van der Waals surface area contributed by atoms with E-state index in [0.29, 0.717) is 0 Å². The van der Waals surface area contributed by atoms with E-state index in [2.05, 4.69) is 0 Å². The Morgan fingerprint density at radius 3 is 2.52 bits per heavy atom. The normalized spacial score (nSPS) is 31.8. The van der Waals surface area contributed by atoms with Gasteiger partial charge in [-0.2, -0.15) is 0 Å². The van der Waals surface area contributed by atoms with Gasteiger partial charge in [-0.05, 0) is 13.8 Å². The summed E-state index contributed by atoms with van der Waals surface area (Å²) in [7, 11) is 0. The van der Waals surface area contributed by atoms with Crippen LogP contribution in [0, 0.1) is 0 Å². The smallest absolute Gasteiger partial charge is 0.330 e. The Morgan fingerprint density at radius 1 is 1.43 bits per heavy atom. The molecule has 23 heavy (non-hydrogen) atoms. The van der Waals surface area contributed by atoms with Gasteiger partial charge in [0.1, 0.15) is 17.6 Å². The van der Waals surface area contributed by atoms with Crippen molar-refractivity contribution in [3.05, 3.63) is 33.1 Å². The summed E-state index contributed by atoms with van der Waals surface area (Å²) in [5.41, 5.74) is -3.91. The number of hydrogen-bond acceptors (Lipinski definition) is 7. The molecule has 1 aliphatic rings. The highest BCUT2D eigenvalue weighted by atomic mass is 35.5. The maximum Gasteiger partial charge on any atom is 0.330 e. The summed E-state index contributed by atoms with van der Waals surface area (Å²) in [6, 6.07) is 1.02. The quantitative estimate of drug-likeness (QED) is 0.553. The summed E-state index contributed by atoms with van der Waals surface area (Å²) < 4.78 is 6.21. The van der Waals surface area contributed by atoms with Gasteiger partial charge in [-0.1, -0.05) is 0 Å². The van der Waals surface area contributed by atoms with Gasteiger partial charge in [0.05, 0.1) is 0 Å². The van der Waals surface area contributed by atoms with E-state index < -0.39 is 52.2 Å². The van der Waals surface area contributed by atoms with E-state index in [-0.39, 0.29) is 0 Å². The van der Waals surface area contributed by atoms with Crippen LogP contribution in [0.3, 0.4) is 0 Å². The molecule has 0 radical (unpaired) electrons. The third-order valence-corrected chi connectivity index (χ3v) is 4.33. The van der Waals surface area contributed by atoms with Crippen molar-refractivity contribution in [1.82, 2.24) is 9.55 Å². The van der Waals surface area contributed by atoms with Crippen molar-refractivity contribution >= 4 is 23.2 Å². The fourth-order valence-electron chi connectivity index (χ4n) is 2.45. The molecule has 1 fully saturated rings. The number of ether oxygens (including phenoxy) is 1. The average Bonchev–Trinajstić information content (AvgIpc) is 2.72. The Labute approximate surface area is 134 Å². The third-order valence-electron chi connectivity index (χ3n) is 3.78. The van der Waals surface area contributed by atoms with Gasteiger partial charge >= 0.3 is 5.69 Å². The molecule has 1 unspecified atom stereocenters. The van der Waals surface area contributed by atoms with Crippen LogP contribution >= 0.6 is 11.6 Å². The van der Waals surface area contributed by atoms with Gasteiger partial charge < -0.3 is 14.9 Å². The molecule has 5 atom stereocenters. The number of aromatic amines is 1. The number of nitrogens with one attached hydrogen (secondary N) is 1. The molecule has 126 valence electrons. The van der Waals surface area contributed by atoms with Gasteiger partial charge in [0, 0.05) is 12.3 Å². The lowest BCUT2D eigenvalue weighted by molar-refractivity contribution is -0.158. The van der Waals surface area contributed by atoms with E-state index in [1.54, 1.807) is 0 Å². The van der Waals surface area contributed by atoms with E-state index in [1.807, 2.05) is 4.98 Å². The molecule has 0 aromatic carbocycles. The second-order valence-corrected chi connectivity index (χ2v) is 5.77. The van der Waals surface area contributed by atoms with Crippen molar-refractivity contribution in [2.75, 3.05) is 0 Å². The van der Waals surface area contributed by atoms with Crippen LogP contribution in [0.25, 0.3) is 0 Å². The number of halogens is 1. The lowest BCUT2D eigenvalue weighted by Crippen LogP contribution is -2.56. The number of rotatable bonds is 4. The number of Topliss-reactive ketones (excluding diaryl/α,β-unsaturated/α-hetero) is 2. The number of ketones is 2.